The summed E-state index contributed by atoms with van der Waals surface area (Å²) in [5, 5.41) is 7.06. The zero-order valence-electron chi connectivity index (χ0n) is 10.5. The van der Waals surface area contributed by atoms with E-state index < -0.39 is 0 Å². The lowest BCUT2D eigenvalue weighted by Crippen LogP contribution is -2.15. The molecule has 0 saturated heterocycles. The first-order chi connectivity index (χ1) is 8.47. The van der Waals surface area contributed by atoms with Crippen LogP contribution in [0.4, 0.5) is 5.69 Å². The molecule has 94 valence electrons. The normalized spacial score (nSPS) is 10.4. The summed E-state index contributed by atoms with van der Waals surface area (Å²) < 4.78 is 2.48. The molecule has 1 aromatic carbocycles. The molecule has 0 aliphatic carbocycles. The van der Waals surface area contributed by atoms with Crippen LogP contribution in [-0.2, 0) is 7.05 Å². The van der Waals surface area contributed by atoms with Crippen LogP contribution in [0.1, 0.15) is 21.6 Å². The molecule has 0 aliphatic rings. The monoisotopic (exact) mass is 355 g/mol. The second kappa shape index (κ2) is 5.09. The second-order valence-corrected chi connectivity index (χ2v) is 5.43. The number of nitrogens with one attached hydrogen (secondary N) is 1. The van der Waals surface area contributed by atoms with Crippen LogP contribution in [0.2, 0.25) is 0 Å². The zero-order chi connectivity index (χ0) is 13.3. The molecule has 0 aliphatic heterocycles. The number of carbonyl (C=O) groups is 1. The Morgan fingerprint density at radius 3 is 2.72 bits per heavy atom. The highest BCUT2D eigenvalue weighted by atomic mass is 127. The van der Waals surface area contributed by atoms with E-state index in [2.05, 4.69) is 33.0 Å². The lowest BCUT2D eigenvalue weighted by Gasteiger charge is -2.08. The van der Waals surface area contributed by atoms with Crippen LogP contribution in [-0.4, -0.2) is 15.7 Å². The van der Waals surface area contributed by atoms with Gasteiger partial charge in [-0.15, -0.1) is 0 Å². The van der Waals surface area contributed by atoms with Gasteiger partial charge in [-0.3, -0.25) is 9.48 Å². The number of rotatable bonds is 2. The number of anilines is 1. The van der Waals surface area contributed by atoms with Crippen LogP contribution in [0.3, 0.4) is 0 Å². The molecule has 1 amide bonds. The van der Waals surface area contributed by atoms with Gasteiger partial charge in [0.1, 0.15) is 0 Å². The van der Waals surface area contributed by atoms with Crippen molar-refractivity contribution < 1.29 is 4.79 Å². The number of halogens is 1. The largest absolute Gasteiger partial charge is 0.320 e. The molecule has 1 heterocycles. The van der Waals surface area contributed by atoms with E-state index in [0.29, 0.717) is 5.69 Å². The van der Waals surface area contributed by atoms with E-state index in [0.717, 1.165) is 20.4 Å². The Morgan fingerprint density at radius 1 is 1.39 bits per heavy atom. The smallest absolute Gasteiger partial charge is 0.277 e. The molecular weight excluding hydrogens is 341 g/mol. The van der Waals surface area contributed by atoms with Crippen LogP contribution in [0, 0.1) is 17.4 Å². The summed E-state index contributed by atoms with van der Waals surface area (Å²) in [5.41, 5.74) is 3.45. The Balaban J connectivity index is 2.26. The van der Waals surface area contributed by atoms with Crippen molar-refractivity contribution in [2.24, 2.45) is 7.05 Å². The van der Waals surface area contributed by atoms with Gasteiger partial charge in [-0.2, -0.15) is 5.10 Å². The number of amides is 1. The molecule has 0 saturated carbocycles. The Kier molecular flexibility index (Phi) is 3.70. The molecule has 1 N–H and O–H groups in total. The maximum absolute atomic E-state index is 12.1. The van der Waals surface area contributed by atoms with E-state index in [4.69, 9.17) is 0 Å². The van der Waals surface area contributed by atoms with Gasteiger partial charge < -0.3 is 5.32 Å². The fourth-order valence-corrected chi connectivity index (χ4v) is 2.42. The van der Waals surface area contributed by atoms with Crippen molar-refractivity contribution in [1.29, 1.82) is 0 Å². The van der Waals surface area contributed by atoms with Crippen molar-refractivity contribution in [3.05, 3.63) is 44.8 Å². The number of hydrogen-bond acceptors (Lipinski definition) is 2. The SMILES string of the molecule is Cc1ccc(C)c(NC(=O)c2nn(C)cc2I)c1. The molecule has 0 radical (unpaired) electrons. The molecule has 0 atom stereocenters. The second-order valence-electron chi connectivity index (χ2n) is 4.27. The van der Waals surface area contributed by atoms with Crippen LogP contribution in [0.5, 0.6) is 0 Å². The molecule has 0 fully saturated rings. The zero-order valence-corrected chi connectivity index (χ0v) is 12.6. The minimum Gasteiger partial charge on any atom is -0.320 e. The summed E-state index contributed by atoms with van der Waals surface area (Å²) in [7, 11) is 1.80. The van der Waals surface area contributed by atoms with Gasteiger partial charge in [0.05, 0.1) is 3.57 Å². The van der Waals surface area contributed by atoms with Crippen molar-refractivity contribution in [3.8, 4) is 0 Å². The molecular formula is C13H14IN3O. The highest BCUT2D eigenvalue weighted by Crippen LogP contribution is 2.18. The molecule has 18 heavy (non-hydrogen) atoms. The minimum absolute atomic E-state index is 0.172. The fraction of sp³-hybridized carbons (Fsp3) is 0.231. The predicted octanol–water partition coefficient (Wildman–Crippen LogP) is 2.89. The van der Waals surface area contributed by atoms with Crippen LogP contribution in [0.15, 0.2) is 24.4 Å². The molecule has 1 aromatic heterocycles. The van der Waals surface area contributed by atoms with E-state index in [9.17, 15) is 4.79 Å². The van der Waals surface area contributed by atoms with Gasteiger partial charge in [-0.1, -0.05) is 12.1 Å². The number of nitrogens with zero attached hydrogens (tertiary/aromatic N) is 2. The standard InChI is InChI=1S/C13H14IN3O/c1-8-4-5-9(2)11(6-8)15-13(18)12-10(14)7-17(3)16-12/h4-7H,1-3H3,(H,15,18). The van der Waals surface area contributed by atoms with Gasteiger partial charge in [-0.05, 0) is 53.6 Å². The molecule has 0 unspecified atom stereocenters. The third kappa shape index (κ3) is 2.72. The minimum atomic E-state index is -0.172. The molecule has 0 bridgehead atoms. The van der Waals surface area contributed by atoms with Gasteiger partial charge in [0.2, 0.25) is 0 Å². The Hall–Kier alpha value is -1.37. The third-order valence-corrected chi connectivity index (χ3v) is 3.43. The quantitative estimate of drug-likeness (QED) is 0.843. The van der Waals surface area contributed by atoms with E-state index in [-0.39, 0.29) is 5.91 Å². The molecule has 4 nitrogen and oxygen atoms in total. The fourth-order valence-electron chi connectivity index (χ4n) is 1.67. The first kappa shape index (κ1) is 13.1. The van der Waals surface area contributed by atoms with Gasteiger partial charge in [0.15, 0.2) is 5.69 Å². The van der Waals surface area contributed by atoms with Crippen molar-refractivity contribution in [2.75, 3.05) is 5.32 Å². The van der Waals surface area contributed by atoms with Gasteiger partial charge in [-0.25, -0.2) is 0 Å². The predicted molar refractivity (Wildman–Crippen MR) is 79.8 cm³/mol. The van der Waals surface area contributed by atoms with Gasteiger partial charge in [0, 0.05) is 18.9 Å². The van der Waals surface area contributed by atoms with E-state index >= 15 is 0 Å². The average molecular weight is 355 g/mol. The van der Waals surface area contributed by atoms with Crippen molar-refractivity contribution in [1.82, 2.24) is 9.78 Å². The average Bonchev–Trinajstić information content (AvgIpc) is 2.63. The lowest BCUT2D eigenvalue weighted by molar-refractivity contribution is 0.102. The molecule has 2 rings (SSSR count). The summed E-state index contributed by atoms with van der Waals surface area (Å²) in [6.07, 6.45) is 1.82. The van der Waals surface area contributed by atoms with Crippen molar-refractivity contribution in [3.63, 3.8) is 0 Å². The maximum atomic E-state index is 12.1. The highest BCUT2D eigenvalue weighted by molar-refractivity contribution is 14.1. The van der Waals surface area contributed by atoms with E-state index in [1.807, 2.05) is 38.2 Å². The first-order valence-electron chi connectivity index (χ1n) is 5.55. The molecule has 5 heteroatoms. The lowest BCUT2D eigenvalue weighted by atomic mass is 10.1. The van der Waals surface area contributed by atoms with Crippen LogP contribution in [0.25, 0.3) is 0 Å². The number of benzene rings is 1. The summed E-state index contributed by atoms with van der Waals surface area (Å²) >= 11 is 2.11. The third-order valence-electron chi connectivity index (χ3n) is 2.64. The maximum Gasteiger partial charge on any atom is 0.277 e. The van der Waals surface area contributed by atoms with Gasteiger partial charge >= 0.3 is 0 Å². The Morgan fingerprint density at radius 2 is 2.11 bits per heavy atom. The Labute approximate surface area is 120 Å². The number of carbonyl (C=O) groups excluding carboxylic acids is 1. The summed E-state index contributed by atoms with van der Waals surface area (Å²) in [5.74, 6) is -0.172. The number of aromatic nitrogens is 2. The van der Waals surface area contributed by atoms with E-state index in [1.54, 1.807) is 11.7 Å². The summed E-state index contributed by atoms with van der Waals surface area (Å²) in [4.78, 5) is 12.1. The van der Waals surface area contributed by atoms with Gasteiger partial charge in [0.25, 0.3) is 5.91 Å². The summed E-state index contributed by atoms with van der Waals surface area (Å²) in [6, 6.07) is 5.98. The summed E-state index contributed by atoms with van der Waals surface area (Å²) in [6.45, 7) is 3.97. The topological polar surface area (TPSA) is 46.9 Å². The van der Waals surface area contributed by atoms with Crippen molar-refractivity contribution in [2.45, 2.75) is 13.8 Å². The van der Waals surface area contributed by atoms with Crippen molar-refractivity contribution >= 4 is 34.2 Å². The van der Waals surface area contributed by atoms with E-state index in [1.165, 1.54) is 0 Å². The highest BCUT2D eigenvalue weighted by Gasteiger charge is 2.15. The number of aryl methyl sites for hydroxylation is 3. The Bertz CT molecular complexity index is 604. The van der Waals surface area contributed by atoms with Crippen LogP contribution >= 0.6 is 22.6 Å². The van der Waals surface area contributed by atoms with Crippen LogP contribution < -0.4 is 5.32 Å². The first-order valence-corrected chi connectivity index (χ1v) is 6.63. The molecule has 0 spiro atoms. The molecule has 2 aromatic rings. The number of hydrogen-bond donors (Lipinski definition) is 1.